The third-order valence-electron chi connectivity index (χ3n) is 4.45. The number of imidazole rings is 1. The number of amides is 1. The number of aromatic nitrogens is 2. The van der Waals surface area contributed by atoms with Crippen molar-refractivity contribution in [3.63, 3.8) is 0 Å². The summed E-state index contributed by atoms with van der Waals surface area (Å²) in [5.74, 6) is 1.43. The van der Waals surface area contributed by atoms with E-state index in [9.17, 15) is 4.79 Å². The van der Waals surface area contributed by atoms with Crippen LogP contribution in [0.4, 0.5) is 5.69 Å². The lowest BCUT2D eigenvalue weighted by molar-refractivity contribution is -0.118. The highest BCUT2D eigenvalue weighted by Gasteiger charge is 2.13. The van der Waals surface area contributed by atoms with Crippen LogP contribution in [0.15, 0.2) is 54.6 Å². The standard InChI is InChI=1S/C21H26N4OS/c1-16(21-23-18-11-6-7-12-19(18)24-21)27-15-20(26)22-13-8-14-25(2)17-9-4-3-5-10-17/h3-7,9-12,16H,8,13-15H2,1-2H3,(H,22,26)(H,23,24). The van der Waals surface area contributed by atoms with E-state index in [4.69, 9.17) is 0 Å². The largest absolute Gasteiger partial charge is 0.375 e. The van der Waals surface area contributed by atoms with Gasteiger partial charge in [-0.25, -0.2) is 4.98 Å². The first-order valence-electron chi connectivity index (χ1n) is 9.22. The Morgan fingerprint density at radius 1 is 1.19 bits per heavy atom. The van der Waals surface area contributed by atoms with E-state index < -0.39 is 0 Å². The number of aromatic amines is 1. The summed E-state index contributed by atoms with van der Waals surface area (Å²) >= 11 is 1.60. The molecule has 0 saturated carbocycles. The highest BCUT2D eigenvalue weighted by atomic mass is 32.2. The predicted octanol–water partition coefficient (Wildman–Crippen LogP) is 4.00. The lowest BCUT2D eigenvalue weighted by Gasteiger charge is -2.19. The van der Waals surface area contributed by atoms with Crippen LogP contribution in [0.5, 0.6) is 0 Å². The van der Waals surface area contributed by atoms with Gasteiger partial charge in [0.1, 0.15) is 5.82 Å². The van der Waals surface area contributed by atoms with E-state index in [1.54, 1.807) is 11.8 Å². The van der Waals surface area contributed by atoms with Crippen LogP contribution in [0.3, 0.4) is 0 Å². The fourth-order valence-electron chi connectivity index (χ4n) is 2.85. The molecule has 2 N–H and O–H groups in total. The number of carbonyl (C=O) groups excluding carboxylic acids is 1. The number of hydrogen-bond acceptors (Lipinski definition) is 4. The number of benzene rings is 2. The van der Waals surface area contributed by atoms with E-state index in [1.807, 2.05) is 42.5 Å². The van der Waals surface area contributed by atoms with Crippen molar-refractivity contribution in [3.8, 4) is 0 Å². The molecule has 1 aromatic heterocycles. The summed E-state index contributed by atoms with van der Waals surface area (Å²) in [5.41, 5.74) is 3.19. The van der Waals surface area contributed by atoms with Crippen LogP contribution in [0.25, 0.3) is 11.0 Å². The second-order valence-corrected chi connectivity index (χ2v) is 7.88. The van der Waals surface area contributed by atoms with Crippen molar-refractivity contribution in [2.24, 2.45) is 0 Å². The Hall–Kier alpha value is -2.47. The number of anilines is 1. The van der Waals surface area contributed by atoms with Crippen LogP contribution >= 0.6 is 11.8 Å². The molecule has 2 aromatic carbocycles. The van der Waals surface area contributed by atoms with Gasteiger partial charge in [0, 0.05) is 25.8 Å². The van der Waals surface area contributed by atoms with Crippen molar-refractivity contribution >= 4 is 34.4 Å². The van der Waals surface area contributed by atoms with Crippen LogP contribution in [0.2, 0.25) is 0 Å². The first kappa shape index (κ1) is 19.3. The molecule has 0 fully saturated rings. The van der Waals surface area contributed by atoms with Crippen molar-refractivity contribution in [3.05, 3.63) is 60.4 Å². The zero-order valence-corrected chi connectivity index (χ0v) is 16.6. The molecule has 27 heavy (non-hydrogen) atoms. The van der Waals surface area contributed by atoms with E-state index >= 15 is 0 Å². The highest BCUT2D eigenvalue weighted by molar-refractivity contribution is 8.00. The molecule has 3 rings (SSSR count). The van der Waals surface area contributed by atoms with Gasteiger partial charge in [-0.2, -0.15) is 0 Å². The molecule has 0 bridgehead atoms. The molecule has 142 valence electrons. The van der Waals surface area contributed by atoms with Gasteiger partial charge in [-0.1, -0.05) is 30.3 Å². The van der Waals surface area contributed by atoms with Crippen LogP contribution in [0, 0.1) is 0 Å². The van der Waals surface area contributed by atoms with Crippen molar-refractivity contribution in [1.29, 1.82) is 0 Å². The first-order valence-corrected chi connectivity index (χ1v) is 10.3. The van der Waals surface area contributed by atoms with Gasteiger partial charge in [0.05, 0.1) is 22.0 Å². The van der Waals surface area contributed by atoms with E-state index in [2.05, 4.69) is 46.3 Å². The van der Waals surface area contributed by atoms with Gasteiger partial charge < -0.3 is 15.2 Å². The molecule has 1 atom stereocenters. The molecule has 6 heteroatoms. The van der Waals surface area contributed by atoms with Gasteiger partial charge in [0.2, 0.25) is 5.91 Å². The molecule has 5 nitrogen and oxygen atoms in total. The Bertz CT molecular complexity index is 832. The Labute approximate surface area is 164 Å². The zero-order chi connectivity index (χ0) is 19.1. The van der Waals surface area contributed by atoms with Crippen LogP contribution in [-0.4, -0.2) is 41.8 Å². The van der Waals surface area contributed by atoms with Gasteiger partial charge in [-0.05, 0) is 37.6 Å². The molecule has 0 saturated heterocycles. The lowest BCUT2D eigenvalue weighted by Crippen LogP contribution is -2.29. The number of fused-ring (bicyclic) bond motifs is 1. The van der Waals surface area contributed by atoms with E-state index in [0.717, 1.165) is 29.8 Å². The summed E-state index contributed by atoms with van der Waals surface area (Å²) in [6.45, 7) is 3.67. The molecular weight excluding hydrogens is 356 g/mol. The Morgan fingerprint density at radius 3 is 2.70 bits per heavy atom. The van der Waals surface area contributed by atoms with E-state index in [1.165, 1.54) is 5.69 Å². The number of nitrogens with one attached hydrogen (secondary N) is 2. The molecule has 0 aliphatic heterocycles. The van der Waals surface area contributed by atoms with Gasteiger partial charge in [-0.3, -0.25) is 4.79 Å². The Balaban J connectivity index is 1.35. The second-order valence-electron chi connectivity index (χ2n) is 6.55. The number of hydrogen-bond donors (Lipinski definition) is 2. The fourth-order valence-corrected chi connectivity index (χ4v) is 3.62. The van der Waals surface area contributed by atoms with Crippen LogP contribution in [-0.2, 0) is 4.79 Å². The minimum atomic E-state index is 0.0744. The summed E-state index contributed by atoms with van der Waals surface area (Å²) < 4.78 is 0. The van der Waals surface area contributed by atoms with Crippen LogP contribution < -0.4 is 10.2 Å². The number of rotatable bonds is 9. The molecular formula is C21H26N4OS. The first-order chi connectivity index (χ1) is 13.1. The molecule has 0 spiro atoms. The smallest absolute Gasteiger partial charge is 0.230 e. The maximum absolute atomic E-state index is 12.1. The molecule has 0 radical (unpaired) electrons. The predicted molar refractivity (Wildman–Crippen MR) is 114 cm³/mol. The minimum absolute atomic E-state index is 0.0744. The van der Waals surface area contributed by atoms with Crippen molar-refractivity contribution in [1.82, 2.24) is 15.3 Å². The quantitative estimate of drug-likeness (QED) is 0.549. The maximum Gasteiger partial charge on any atom is 0.230 e. The lowest BCUT2D eigenvalue weighted by atomic mass is 10.3. The topological polar surface area (TPSA) is 61.0 Å². The van der Waals surface area contributed by atoms with Crippen molar-refractivity contribution < 1.29 is 4.79 Å². The average molecular weight is 383 g/mol. The van der Waals surface area contributed by atoms with Gasteiger partial charge in [0.25, 0.3) is 0 Å². The molecule has 3 aromatic rings. The maximum atomic E-state index is 12.1. The second kappa shape index (κ2) is 9.46. The monoisotopic (exact) mass is 382 g/mol. The summed E-state index contributed by atoms with van der Waals surface area (Å²) in [6.07, 6.45) is 0.918. The molecule has 0 aliphatic carbocycles. The summed E-state index contributed by atoms with van der Waals surface area (Å²) in [7, 11) is 2.07. The minimum Gasteiger partial charge on any atom is -0.375 e. The number of para-hydroxylation sites is 3. The molecule has 1 heterocycles. The zero-order valence-electron chi connectivity index (χ0n) is 15.8. The van der Waals surface area contributed by atoms with Crippen LogP contribution in [0.1, 0.15) is 24.4 Å². The van der Waals surface area contributed by atoms with Crippen molar-refractivity contribution in [2.45, 2.75) is 18.6 Å². The summed E-state index contributed by atoms with van der Waals surface area (Å²) in [4.78, 5) is 22.2. The molecule has 1 unspecified atom stereocenters. The average Bonchev–Trinajstić information content (AvgIpc) is 3.14. The Kier molecular flexibility index (Phi) is 6.76. The van der Waals surface area contributed by atoms with Gasteiger partial charge >= 0.3 is 0 Å². The number of H-pyrrole nitrogens is 1. The normalized spacial score (nSPS) is 12.1. The number of thioether (sulfide) groups is 1. The van der Waals surface area contributed by atoms with Gasteiger partial charge in [-0.15, -0.1) is 11.8 Å². The third kappa shape index (κ3) is 5.50. The fraction of sp³-hybridized carbons (Fsp3) is 0.333. The van der Waals surface area contributed by atoms with E-state index in [-0.39, 0.29) is 11.2 Å². The summed E-state index contributed by atoms with van der Waals surface area (Å²) in [6, 6.07) is 18.2. The molecule has 1 amide bonds. The van der Waals surface area contributed by atoms with Gasteiger partial charge in [0.15, 0.2) is 0 Å². The Morgan fingerprint density at radius 2 is 1.93 bits per heavy atom. The highest BCUT2D eigenvalue weighted by Crippen LogP contribution is 2.27. The molecule has 0 aliphatic rings. The number of nitrogens with zero attached hydrogens (tertiary/aromatic N) is 2. The van der Waals surface area contributed by atoms with Crippen molar-refractivity contribution in [2.75, 3.05) is 30.8 Å². The number of carbonyl (C=O) groups is 1. The summed E-state index contributed by atoms with van der Waals surface area (Å²) in [5, 5.41) is 3.15. The van der Waals surface area contributed by atoms with E-state index in [0.29, 0.717) is 12.3 Å². The SMILES string of the molecule is CC(SCC(=O)NCCCN(C)c1ccccc1)c1nc2ccccc2[nH]1. The third-order valence-corrected chi connectivity index (χ3v) is 5.60.